The lowest BCUT2D eigenvalue weighted by Gasteiger charge is -2.46. The van der Waals surface area contributed by atoms with Gasteiger partial charge in [0.15, 0.2) is 0 Å². The Kier molecular flexibility index (Phi) is 7.16. The third-order valence-electron chi connectivity index (χ3n) is 8.19. The number of hydrogen-bond donors (Lipinski definition) is 0. The Balaban J connectivity index is 1.23. The monoisotopic (exact) mass is 503 g/mol. The van der Waals surface area contributed by atoms with Crippen molar-refractivity contribution in [1.82, 2.24) is 9.80 Å². The summed E-state index contributed by atoms with van der Waals surface area (Å²) in [6, 6.07) is 17.3. The summed E-state index contributed by atoms with van der Waals surface area (Å²) in [5.41, 5.74) is 4.77. The van der Waals surface area contributed by atoms with Crippen molar-refractivity contribution in [3.63, 3.8) is 0 Å². The number of anilines is 1. The molecule has 2 amide bonds. The van der Waals surface area contributed by atoms with Gasteiger partial charge in [0.25, 0.3) is 5.91 Å². The van der Waals surface area contributed by atoms with Crippen molar-refractivity contribution in [3.05, 3.63) is 70.1 Å². The van der Waals surface area contributed by atoms with Crippen molar-refractivity contribution < 1.29 is 9.59 Å². The molecular weight excluding hydrogens is 466 g/mol. The summed E-state index contributed by atoms with van der Waals surface area (Å²) >= 11 is 1.72. The number of aryl methyl sites for hydroxylation is 2. The molecule has 0 radical (unpaired) electrons. The molecule has 3 fully saturated rings. The Labute approximate surface area is 219 Å². The van der Waals surface area contributed by atoms with Crippen molar-refractivity contribution in [3.8, 4) is 0 Å². The molecule has 0 spiro atoms. The molecular formula is C30H37N3O2S. The largest absolute Gasteiger partial charge is 0.365 e. The molecule has 2 aromatic carbocycles. The highest BCUT2D eigenvalue weighted by Gasteiger charge is 2.44. The van der Waals surface area contributed by atoms with Gasteiger partial charge in [0.2, 0.25) is 5.91 Å². The van der Waals surface area contributed by atoms with Gasteiger partial charge in [-0.25, -0.2) is 0 Å². The zero-order chi connectivity index (χ0) is 25.4. The summed E-state index contributed by atoms with van der Waals surface area (Å²) in [5, 5.41) is 0.351. The number of carbonyl (C=O) groups excluding carboxylic acids is 2. The lowest BCUT2D eigenvalue weighted by Crippen LogP contribution is -2.57. The van der Waals surface area contributed by atoms with Gasteiger partial charge in [-0.2, -0.15) is 0 Å². The number of piperazine rings is 1. The minimum Gasteiger partial charge on any atom is -0.365 e. The average molecular weight is 504 g/mol. The molecule has 4 unspecified atom stereocenters. The molecule has 1 aliphatic carbocycles. The average Bonchev–Trinajstić information content (AvgIpc) is 2.88. The van der Waals surface area contributed by atoms with Gasteiger partial charge in [0.1, 0.15) is 0 Å². The van der Waals surface area contributed by atoms with Crippen LogP contribution in [0, 0.1) is 19.8 Å². The minimum absolute atomic E-state index is 0.00197. The van der Waals surface area contributed by atoms with E-state index in [4.69, 9.17) is 0 Å². The summed E-state index contributed by atoms with van der Waals surface area (Å²) in [6.45, 7) is 8.77. The van der Waals surface area contributed by atoms with Crippen molar-refractivity contribution in [2.75, 3.05) is 31.6 Å². The number of nitrogens with zero attached hydrogens (tertiary/aromatic N) is 3. The fourth-order valence-corrected chi connectivity index (χ4v) is 7.42. The van der Waals surface area contributed by atoms with Gasteiger partial charge in [-0.3, -0.25) is 9.59 Å². The third-order valence-corrected chi connectivity index (χ3v) is 9.59. The zero-order valence-corrected chi connectivity index (χ0v) is 22.6. The maximum absolute atomic E-state index is 13.6. The summed E-state index contributed by atoms with van der Waals surface area (Å²) in [5.74, 6) is 0.357. The molecule has 0 bridgehead atoms. The van der Waals surface area contributed by atoms with Crippen LogP contribution in [0.15, 0.2) is 53.4 Å². The molecule has 2 aromatic rings. The van der Waals surface area contributed by atoms with Crippen LogP contribution in [0.4, 0.5) is 5.69 Å². The first-order valence-corrected chi connectivity index (χ1v) is 14.0. The van der Waals surface area contributed by atoms with Gasteiger partial charge in [-0.15, -0.1) is 11.8 Å². The highest BCUT2D eigenvalue weighted by atomic mass is 32.2. The molecule has 1 saturated carbocycles. The molecule has 0 aromatic heterocycles. The SMILES string of the molecule is Cc1ccc(N2CCN(C(=O)C3CCC4S/C(=C\c5ccccc5C)C(=O)N(C)C4C3)CC2C)cc1. The third kappa shape index (κ3) is 4.93. The number of rotatable bonds is 3. The second kappa shape index (κ2) is 10.3. The molecule has 2 heterocycles. The Morgan fingerprint density at radius 2 is 1.78 bits per heavy atom. The maximum Gasteiger partial charge on any atom is 0.260 e. The lowest BCUT2D eigenvalue weighted by molar-refractivity contribution is -0.139. The van der Waals surface area contributed by atoms with E-state index in [1.54, 1.807) is 11.8 Å². The van der Waals surface area contributed by atoms with Gasteiger partial charge < -0.3 is 14.7 Å². The van der Waals surface area contributed by atoms with E-state index < -0.39 is 0 Å². The van der Waals surface area contributed by atoms with E-state index in [-0.39, 0.29) is 29.8 Å². The molecule has 6 heteroatoms. The van der Waals surface area contributed by atoms with Crippen LogP contribution in [-0.4, -0.2) is 65.6 Å². The smallest absolute Gasteiger partial charge is 0.260 e. The summed E-state index contributed by atoms with van der Waals surface area (Å²) in [7, 11) is 1.92. The molecule has 2 saturated heterocycles. The minimum atomic E-state index is 0.00197. The number of amides is 2. The van der Waals surface area contributed by atoms with Crippen LogP contribution >= 0.6 is 11.8 Å². The number of thioether (sulfide) groups is 1. The highest BCUT2D eigenvalue weighted by Crippen LogP contribution is 2.43. The van der Waals surface area contributed by atoms with Crippen molar-refractivity contribution in [2.45, 2.75) is 57.4 Å². The normalized spacial score (nSPS) is 27.8. The maximum atomic E-state index is 13.6. The van der Waals surface area contributed by atoms with Crippen LogP contribution in [0.25, 0.3) is 6.08 Å². The summed E-state index contributed by atoms with van der Waals surface area (Å²) < 4.78 is 0. The quantitative estimate of drug-likeness (QED) is 0.545. The predicted molar refractivity (Wildman–Crippen MR) is 149 cm³/mol. The van der Waals surface area contributed by atoms with E-state index in [0.717, 1.165) is 49.4 Å². The van der Waals surface area contributed by atoms with Crippen molar-refractivity contribution in [1.29, 1.82) is 0 Å². The number of likely N-dealkylation sites (N-methyl/N-ethyl adjacent to an activating group) is 1. The Morgan fingerprint density at radius 1 is 1.03 bits per heavy atom. The molecule has 2 aliphatic heterocycles. The number of carbonyl (C=O) groups is 2. The molecule has 0 N–H and O–H groups in total. The molecule has 5 rings (SSSR count). The predicted octanol–water partition coefficient (Wildman–Crippen LogP) is 5.12. The Hall–Kier alpha value is -2.73. The topological polar surface area (TPSA) is 43.9 Å². The number of benzene rings is 2. The first kappa shape index (κ1) is 24.9. The second-order valence-corrected chi connectivity index (χ2v) is 12.0. The Morgan fingerprint density at radius 3 is 2.50 bits per heavy atom. The van der Waals surface area contributed by atoms with E-state index in [0.29, 0.717) is 5.25 Å². The van der Waals surface area contributed by atoms with Crippen LogP contribution < -0.4 is 4.90 Å². The van der Waals surface area contributed by atoms with E-state index in [9.17, 15) is 9.59 Å². The van der Waals surface area contributed by atoms with Crippen LogP contribution in [-0.2, 0) is 9.59 Å². The van der Waals surface area contributed by atoms with Crippen LogP contribution in [0.2, 0.25) is 0 Å². The van der Waals surface area contributed by atoms with E-state index >= 15 is 0 Å². The number of hydrogen-bond acceptors (Lipinski definition) is 4. The second-order valence-electron chi connectivity index (χ2n) is 10.7. The zero-order valence-electron chi connectivity index (χ0n) is 21.8. The Bertz CT molecular complexity index is 1160. The fourth-order valence-electron chi connectivity index (χ4n) is 5.95. The van der Waals surface area contributed by atoms with Gasteiger partial charge in [0, 0.05) is 55.6 Å². The lowest BCUT2D eigenvalue weighted by atomic mass is 9.83. The molecule has 5 nitrogen and oxygen atoms in total. The van der Waals surface area contributed by atoms with Gasteiger partial charge in [0.05, 0.1) is 4.91 Å². The summed E-state index contributed by atoms with van der Waals surface area (Å²) in [6.07, 6.45) is 4.68. The summed E-state index contributed by atoms with van der Waals surface area (Å²) in [4.78, 5) is 34.0. The van der Waals surface area contributed by atoms with Crippen LogP contribution in [0.1, 0.15) is 42.9 Å². The number of fused-ring (bicyclic) bond motifs is 1. The van der Waals surface area contributed by atoms with Gasteiger partial charge in [-0.05, 0) is 69.4 Å². The molecule has 3 aliphatic rings. The van der Waals surface area contributed by atoms with Crippen LogP contribution in [0.5, 0.6) is 0 Å². The van der Waals surface area contributed by atoms with Crippen molar-refractivity contribution in [2.24, 2.45) is 5.92 Å². The van der Waals surface area contributed by atoms with E-state index in [1.807, 2.05) is 30.2 Å². The highest BCUT2D eigenvalue weighted by molar-refractivity contribution is 8.04. The van der Waals surface area contributed by atoms with Gasteiger partial charge >= 0.3 is 0 Å². The standard InChI is InChI=1S/C30H37N3O2S/c1-20-9-12-25(13-10-20)33-16-15-32(19-22(33)3)29(34)24-11-14-27-26(17-24)31(4)30(35)28(36-27)18-23-8-6-5-7-21(23)2/h5-10,12-13,18,22,24,26-27H,11,14-17,19H2,1-4H3/b28-18-. The first-order chi connectivity index (χ1) is 17.3. The van der Waals surface area contributed by atoms with E-state index in [2.05, 4.69) is 67.0 Å². The van der Waals surface area contributed by atoms with Gasteiger partial charge in [-0.1, -0.05) is 42.0 Å². The van der Waals surface area contributed by atoms with E-state index in [1.165, 1.54) is 16.8 Å². The molecule has 36 heavy (non-hydrogen) atoms. The first-order valence-electron chi connectivity index (χ1n) is 13.1. The van der Waals surface area contributed by atoms with Crippen LogP contribution in [0.3, 0.4) is 0 Å². The molecule has 190 valence electrons. The fraction of sp³-hybridized carbons (Fsp3) is 0.467. The van der Waals surface area contributed by atoms with Crippen molar-refractivity contribution >= 4 is 35.3 Å². The molecule has 4 atom stereocenters.